The molecule has 0 aliphatic carbocycles. The molecular formula is C18H17N3O2S2. The van der Waals surface area contributed by atoms with E-state index in [-0.39, 0.29) is 11.5 Å². The Balaban J connectivity index is 1.58. The summed E-state index contributed by atoms with van der Waals surface area (Å²) in [5.41, 5.74) is 1.76. The van der Waals surface area contributed by atoms with Crippen molar-refractivity contribution in [2.45, 2.75) is 18.0 Å². The molecule has 3 heterocycles. The number of fused-ring (bicyclic) bond motifs is 1. The number of thiophene rings is 1. The number of benzene rings is 1. The number of rotatable bonds is 4. The van der Waals surface area contributed by atoms with Crippen molar-refractivity contribution in [1.82, 2.24) is 14.9 Å². The molecule has 0 bridgehead atoms. The molecule has 0 saturated carbocycles. The molecule has 0 atom stereocenters. The second-order valence-corrected chi connectivity index (χ2v) is 7.77. The Kier molecular flexibility index (Phi) is 4.59. The summed E-state index contributed by atoms with van der Waals surface area (Å²) in [6, 6.07) is 9.83. The molecule has 1 fully saturated rings. The first-order chi connectivity index (χ1) is 12.2. The summed E-state index contributed by atoms with van der Waals surface area (Å²) >= 11 is 2.76. The van der Waals surface area contributed by atoms with Crippen LogP contribution in [-0.2, 0) is 4.79 Å². The molecule has 3 aromatic rings. The first-order valence-corrected chi connectivity index (χ1v) is 10.1. The van der Waals surface area contributed by atoms with Gasteiger partial charge in [-0.05, 0) is 18.4 Å². The molecular weight excluding hydrogens is 354 g/mol. The van der Waals surface area contributed by atoms with Crippen LogP contribution in [0.25, 0.3) is 21.3 Å². The van der Waals surface area contributed by atoms with E-state index in [1.807, 2.05) is 40.6 Å². The van der Waals surface area contributed by atoms with Gasteiger partial charge in [-0.3, -0.25) is 9.59 Å². The highest BCUT2D eigenvalue weighted by molar-refractivity contribution is 7.99. The van der Waals surface area contributed by atoms with Crippen LogP contribution >= 0.6 is 23.1 Å². The molecule has 7 heteroatoms. The molecule has 1 aromatic carbocycles. The normalized spacial score (nSPS) is 14.3. The zero-order valence-electron chi connectivity index (χ0n) is 13.5. The van der Waals surface area contributed by atoms with E-state index in [0.717, 1.165) is 37.1 Å². The van der Waals surface area contributed by atoms with Crippen LogP contribution in [0.15, 0.2) is 45.7 Å². The Morgan fingerprint density at radius 3 is 2.76 bits per heavy atom. The second kappa shape index (κ2) is 7.01. The van der Waals surface area contributed by atoms with E-state index in [9.17, 15) is 9.59 Å². The minimum Gasteiger partial charge on any atom is -0.342 e. The predicted octanol–water partition coefficient (Wildman–Crippen LogP) is 3.37. The van der Waals surface area contributed by atoms with Crippen molar-refractivity contribution in [3.05, 3.63) is 46.1 Å². The molecule has 4 rings (SSSR count). The molecule has 0 radical (unpaired) electrons. The van der Waals surface area contributed by atoms with Gasteiger partial charge in [0.05, 0.1) is 11.1 Å². The largest absolute Gasteiger partial charge is 0.342 e. The van der Waals surface area contributed by atoms with Crippen LogP contribution in [0.4, 0.5) is 0 Å². The lowest BCUT2D eigenvalue weighted by Gasteiger charge is -2.14. The van der Waals surface area contributed by atoms with Crippen molar-refractivity contribution in [3.63, 3.8) is 0 Å². The van der Waals surface area contributed by atoms with Gasteiger partial charge in [-0.25, -0.2) is 4.98 Å². The Bertz CT molecular complexity index is 959. The number of H-pyrrole nitrogens is 1. The summed E-state index contributed by atoms with van der Waals surface area (Å²) in [5, 5.41) is 3.09. The molecule has 128 valence electrons. The number of nitrogens with one attached hydrogen (secondary N) is 1. The number of aromatic nitrogens is 2. The first-order valence-electron chi connectivity index (χ1n) is 8.20. The van der Waals surface area contributed by atoms with Crippen molar-refractivity contribution in [2.24, 2.45) is 0 Å². The summed E-state index contributed by atoms with van der Waals surface area (Å²) < 4.78 is 0. The van der Waals surface area contributed by atoms with E-state index in [1.165, 1.54) is 23.1 Å². The van der Waals surface area contributed by atoms with Gasteiger partial charge in [0.2, 0.25) is 5.91 Å². The van der Waals surface area contributed by atoms with Gasteiger partial charge in [-0.15, -0.1) is 11.3 Å². The number of likely N-dealkylation sites (tertiary alicyclic amines) is 1. The van der Waals surface area contributed by atoms with E-state index >= 15 is 0 Å². The molecule has 1 N–H and O–H groups in total. The van der Waals surface area contributed by atoms with Crippen LogP contribution in [0, 0.1) is 0 Å². The van der Waals surface area contributed by atoms with Gasteiger partial charge in [0, 0.05) is 24.0 Å². The van der Waals surface area contributed by atoms with E-state index in [2.05, 4.69) is 9.97 Å². The lowest BCUT2D eigenvalue weighted by molar-refractivity contribution is -0.127. The number of aromatic amines is 1. The molecule has 1 aliphatic heterocycles. The molecule has 0 spiro atoms. The third-order valence-electron chi connectivity index (χ3n) is 4.30. The number of carbonyl (C=O) groups is 1. The maximum atomic E-state index is 12.6. The number of thioether (sulfide) groups is 1. The van der Waals surface area contributed by atoms with Crippen LogP contribution in [0.1, 0.15) is 12.8 Å². The molecule has 1 amide bonds. The molecule has 0 unspecified atom stereocenters. The van der Waals surface area contributed by atoms with Crippen LogP contribution < -0.4 is 5.56 Å². The average Bonchev–Trinajstić information content (AvgIpc) is 3.30. The van der Waals surface area contributed by atoms with Gasteiger partial charge in [-0.1, -0.05) is 42.1 Å². The molecule has 1 aliphatic rings. The maximum Gasteiger partial charge on any atom is 0.260 e. The average molecular weight is 371 g/mol. The number of carbonyl (C=O) groups excluding carboxylic acids is 1. The van der Waals surface area contributed by atoms with Crippen LogP contribution in [0.2, 0.25) is 0 Å². The fourth-order valence-electron chi connectivity index (χ4n) is 3.02. The quantitative estimate of drug-likeness (QED) is 0.564. The molecule has 2 aromatic heterocycles. The standard InChI is InChI=1S/C18H17N3O2S2/c22-14(21-8-4-5-9-21)11-25-18-19-16(23)15-13(10-24-17(15)20-18)12-6-2-1-3-7-12/h1-3,6-7,10H,4-5,8-9,11H2,(H,19,20,23). The predicted molar refractivity (Wildman–Crippen MR) is 102 cm³/mol. The zero-order valence-corrected chi connectivity index (χ0v) is 15.2. The van der Waals surface area contributed by atoms with Crippen molar-refractivity contribution < 1.29 is 4.79 Å². The Hall–Kier alpha value is -2.12. The van der Waals surface area contributed by atoms with Crippen molar-refractivity contribution >= 4 is 39.2 Å². The summed E-state index contributed by atoms with van der Waals surface area (Å²) in [4.78, 5) is 34.6. The lowest BCUT2D eigenvalue weighted by atomic mass is 10.1. The summed E-state index contributed by atoms with van der Waals surface area (Å²) in [5.74, 6) is 0.423. The number of hydrogen-bond donors (Lipinski definition) is 1. The van der Waals surface area contributed by atoms with Gasteiger partial charge < -0.3 is 9.88 Å². The summed E-state index contributed by atoms with van der Waals surface area (Å²) in [7, 11) is 0. The van der Waals surface area contributed by atoms with Gasteiger partial charge in [0.15, 0.2) is 5.16 Å². The van der Waals surface area contributed by atoms with Gasteiger partial charge >= 0.3 is 0 Å². The maximum absolute atomic E-state index is 12.6. The first kappa shape index (κ1) is 16.4. The highest BCUT2D eigenvalue weighted by Crippen LogP contribution is 2.31. The highest BCUT2D eigenvalue weighted by Gasteiger charge is 2.19. The van der Waals surface area contributed by atoms with Crippen LogP contribution in [-0.4, -0.2) is 39.6 Å². The zero-order chi connectivity index (χ0) is 17.2. The van der Waals surface area contributed by atoms with E-state index < -0.39 is 0 Å². The Morgan fingerprint density at radius 2 is 2.00 bits per heavy atom. The van der Waals surface area contributed by atoms with E-state index in [1.54, 1.807) is 0 Å². The van der Waals surface area contributed by atoms with Crippen LogP contribution in [0.3, 0.4) is 0 Å². The second-order valence-electron chi connectivity index (χ2n) is 5.94. The molecule has 1 saturated heterocycles. The number of amides is 1. The monoisotopic (exact) mass is 371 g/mol. The number of nitrogens with zero attached hydrogens (tertiary/aromatic N) is 2. The Labute approximate surface area is 153 Å². The minimum atomic E-state index is -0.152. The third-order valence-corrected chi connectivity index (χ3v) is 6.03. The van der Waals surface area contributed by atoms with Crippen LogP contribution in [0.5, 0.6) is 0 Å². The topological polar surface area (TPSA) is 66.1 Å². The minimum absolute atomic E-state index is 0.112. The summed E-state index contributed by atoms with van der Waals surface area (Å²) in [6.07, 6.45) is 2.16. The lowest BCUT2D eigenvalue weighted by Crippen LogP contribution is -2.29. The fraction of sp³-hybridized carbons (Fsp3) is 0.278. The van der Waals surface area contributed by atoms with Crippen molar-refractivity contribution in [2.75, 3.05) is 18.8 Å². The van der Waals surface area contributed by atoms with Gasteiger partial charge in [0.25, 0.3) is 5.56 Å². The van der Waals surface area contributed by atoms with Crippen molar-refractivity contribution in [3.8, 4) is 11.1 Å². The molecule has 25 heavy (non-hydrogen) atoms. The SMILES string of the molecule is O=C(CSc1nc2scc(-c3ccccc3)c2c(=O)[nH]1)N1CCCC1. The number of hydrogen-bond acceptors (Lipinski definition) is 5. The highest BCUT2D eigenvalue weighted by atomic mass is 32.2. The molecule has 5 nitrogen and oxygen atoms in total. The smallest absolute Gasteiger partial charge is 0.260 e. The Morgan fingerprint density at radius 1 is 1.24 bits per heavy atom. The van der Waals surface area contributed by atoms with Crippen molar-refractivity contribution in [1.29, 1.82) is 0 Å². The summed E-state index contributed by atoms with van der Waals surface area (Å²) in [6.45, 7) is 1.68. The van der Waals surface area contributed by atoms with Gasteiger partial charge in [0.1, 0.15) is 4.83 Å². The fourth-order valence-corrected chi connectivity index (χ4v) is 4.78. The van der Waals surface area contributed by atoms with E-state index in [0.29, 0.717) is 21.1 Å². The third kappa shape index (κ3) is 3.34. The van der Waals surface area contributed by atoms with Gasteiger partial charge in [-0.2, -0.15) is 0 Å². The van der Waals surface area contributed by atoms with E-state index in [4.69, 9.17) is 0 Å².